The van der Waals surface area contributed by atoms with Crippen molar-refractivity contribution in [3.8, 4) is 22.7 Å². The van der Waals surface area contributed by atoms with Gasteiger partial charge in [-0.3, -0.25) is 19.5 Å². The van der Waals surface area contributed by atoms with Crippen LogP contribution in [0.3, 0.4) is 0 Å². The lowest BCUT2D eigenvalue weighted by molar-refractivity contribution is -0.116. The smallest absolute Gasteiger partial charge is 0.254 e. The fourth-order valence-corrected chi connectivity index (χ4v) is 3.92. The van der Waals surface area contributed by atoms with E-state index in [-0.39, 0.29) is 19.0 Å². The highest BCUT2D eigenvalue weighted by Gasteiger charge is 2.20. The Balaban J connectivity index is 1.62. The van der Waals surface area contributed by atoms with Crippen LogP contribution in [0, 0.1) is 0 Å². The molecule has 4 rings (SSSR count). The molecule has 3 aromatic carbocycles. The molecule has 0 radical (unpaired) electrons. The zero-order valence-electron chi connectivity index (χ0n) is 20.4. The molecule has 0 aliphatic carbocycles. The van der Waals surface area contributed by atoms with Crippen LogP contribution in [0.1, 0.15) is 17.3 Å². The largest absolute Gasteiger partial charge is 0.494 e. The number of hydrogen-bond acceptors (Lipinski definition) is 4. The molecule has 0 spiro atoms. The molecule has 0 saturated carbocycles. The first-order chi connectivity index (χ1) is 18.0. The Morgan fingerprint density at radius 1 is 1.08 bits per heavy atom. The normalized spacial score (nSPS) is 10.5. The van der Waals surface area contributed by atoms with Crippen LogP contribution in [-0.2, 0) is 4.79 Å². The van der Waals surface area contributed by atoms with E-state index in [0.717, 1.165) is 11.3 Å². The number of amides is 2. The third-order valence-corrected chi connectivity index (χ3v) is 5.75. The van der Waals surface area contributed by atoms with Crippen LogP contribution in [0.5, 0.6) is 5.75 Å². The summed E-state index contributed by atoms with van der Waals surface area (Å²) < 4.78 is 7.45. The average molecular weight is 515 g/mol. The van der Waals surface area contributed by atoms with Crippen molar-refractivity contribution in [3.63, 3.8) is 0 Å². The van der Waals surface area contributed by atoms with Gasteiger partial charge in [0.05, 0.1) is 18.0 Å². The predicted molar refractivity (Wildman–Crippen MR) is 146 cm³/mol. The number of benzene rings is 3. The van der Waals surface area contributed by atoms with Gasteiger partial charge in [-0.2, -0.15) is 0 Å². The van der Waals surface area contributed by atoms with Gasteiger partial charge in [-0.1, -0.05) is 54.1 Å². The van der Waals surface area contributed by atoms with Crippen LogP contribution in [0.4, 0.5) is 5.95 Å². The zero-order chi connectivity index (χ0) is 26.2. The lowest BCUT2D eigenvalue weighted by atomic mass is 10.2. The zero-order valence-corrected chi connectivity index (χ0v) is 21.2. The second-order valence-electron chi connectivity index (χ2n) is 8.15. The molecule has 8 heteroatoms. The Kier molecular flexibility index (Phi) is 8.38. The van der Waals surface area contributed by atoms with Gasteiger partial charge in [-0.15, -0.1) is 6.58 Å². The number of ether oxygens (including phenoxy) is 1. The number of carbonyl (C=O) groups excluding carboxylic acids is 2. The summed E-state index contributed by atoms with van der Waals surface area (Å²) in [4.78, 5) is 32.3. The van der Waals surface area contributed by atoms with Crippen molar-refractivity contribution in [2.24, 2.45) is 0 Å². The molecule has 1 N–H and O–H groups in total. The maximum absolute atomic E-state index is 13.1. The van der Waals surface area contributed by atoms with E-state index in [1.165, 1.54) is 4.90 Å². The van der Waals surface area contributed by atoms with Gasteiger partial charge in [0.15, 0.2) is 0 Å². The van der Waals surface area contributed by atoms with E-state index in [4.69, 9.17) is 21.3 Å². The molecule has 0 aliphatic rings. The van der Waals surface area contributed by atoms with Crippen LogP contribution >= 0.6 is 11.6 Å². The number of carbonyl (C=O) groups is 2. The number of nitrogens with one attached hydrogen (secondary N) is 1. The molecule has 7 nitrogen and oxygen atoms in total. The molecule has 1 heterocycles. The van der Waals surface area contributed by atoms with E-state index >= 15 is 0 Å². The van der Waals surface area contributed by atoms with Crippen molar-refractivity contribution in [1.82, 2.24) is 14.5 Å². The molecule has 0 saturated heterocycles. The molecule has 1 aromatic heterocycles. The third kappa shape index (κ3) is 6.45. The van der Waals surface area contributed by atoms with Crippen molar-refractivity contribution < 1.29 is 14.3 Å². The number of rotatable bonds is 10. The molecule has 0 aliphatic heterocycles. The van der Waals surface area contributed by atoms with Crippen LogP contribution < -0.4 is 10.1 Å². The van der Waals surface area contributed by atoms with Crippen LogP contribution in [-0.4, -0.2) is 46.0 Å². The second kappa shape index (κ2) is 12.1. The molecule has 0 fully saturated rings. The first-order valence-electron chi connectivity index (χ1n) is 11.8. The maximum Gasteiger partial charge on any atom is 0.254 e. The monoisotopic (exact) mass is 514 g/mol. The summed E-state index contributed by atoms with van der Waals surface area (Å²) in [6.07, 6.45) is 3.44. The molecule has 2 amide bonds. The molecular weight excluding hydrogens is 488 g/mol. The van der Waals surface area contributed by atoms with Gasteiger partial charge in [0.25, 0.3) is 5.91 Å². The maximum atomic E-state index is 13.1. The highest BCUT2D eigenvalue weighted by atomic mass is 35.5. The summed E-state index contributed by atoms with van der Waals surface area (Å²) in [6, 6.07) is 23.8. The Hall–Kier alpha value is -4.36. The van der Waals surface area contributed by atoms with Crippen molar-refractivity contribution in [2.75, 3.05) is 25.0 Å². The number of nitrogens with zero attached hydrogens (tertiary/aromatic N) is 3. The average Bonchev–Trinajstić information content (AvgIpc) is 3.33. The number of imidazole rings is 1. The van der Waals surface area contributed by atoms with Gasteiger partial charge in [0, 0.05) is 35.0 Å². The molecule has 37 heavy (non-hydrogen) atoms. The molecule has 0 unspecified atom stereocenters. The summed E-state index contributed by atoms with van der Waals surface area (Å²) in [5.41, 5.74) is 2.80. The van der Waals surface area contributed by atoms with E-state index in [1.807, 2.05) is 67.7 Å². The SMILES string of the molecule is C=CCN(CC(=O)Nc1nc(-c2ccccc2)cn1-c1cccc(OCC)c1)C(=O)c1ccc(Cl)cc1. The van der Waals surface area contributed by atoms with Crippen LogP contribution in [0.25, 0.3) is 16.9 Å². The van der Waals surface area contributed by atoms with E-state index in [1.54, 1.807) is 34.9 Å². The van der Waals surface area contributed by atoms with E-state index < -0.39 is 5.91 Å². The van der Waals surface area contributed by atoms with Crippen molar-refractivity contribution >= 4 is 29.4 Å². The Bertz CT molecular complexity index is 1380. The lowest BCUT2D eigenvalue weighted by Crippen LogP contribution is -2.38. The molecule has 0 atom stereocenters. The van der Waals surface area contributed by atoms with E-state index in [9.17, 15) is 9.59 Å². The summed E-state index contributed by atoms with van der Waals surface area (Å²) in [6.45, 7) is 6.20. The van der Waals surface area contributed by atoms with Gasteiger partial charge >= 0.3 is 0 Å². The van der Waals surface area contributed by atoms with Gasteiger partial charge in [-0.05, 0) is 43.3 Å². The Morgan fingerprint density at radius 2 is 1.84 bits per heavy atom. The summed E-state index contributed by atoms with van der Waals surface area (Å²) in [5, 5.41) is 3.40. The molecule has 188 valence electrons. The highest BCUT2D eigenvalue weighted by molar-refractivity contribution is 6.30. The molecule has 4 aromatic rings. The third-order valence-electron chi connectivity index (χ3n) is 5.50. The van der Waals surface area contributed by atoms with Crippen LogP contribution in [0.15, 0.2) is 97.7 Å². The fraction of sp³-hybridized carbons (Fsp3) is 0.138. The predicted octanol–water partition coefficient (Wildman–Crippen LogP) is 5.86. The Morgan fingerprint density at radius 3 is 2.54 bits per heavy atom. The topological polar surface area (TPSA) is 76.5 Å². The standard InChI is InChI=1S/C29H27ClN4O3/c1-3-17-33(28(36)22-13-15-23(30)16-14-22)20-27(35)32-29-31-26(21-9-6-5-7-10-21)19-34(29)24-11-8-12-25(18-24)37-4-2/h3,5-16,18-19H,1,4,17,20H2,2H3,(H,31,32,35). The minimum absolute atomic E-state index is 0.181. The summed E-state index contributed by atoms with van der Waals surface area (Å²) >= 11 is 5.95. The summed E-state index contributed by atoms with van der Waals surface area (Å²) in [7, 11) is 0. The van der Waals surface area contributed by atoms with Crippen molar-refractivity contribution in [3.05, 3.63) is 108 Å². The lowest BCUT2D eigenvalue weighted by Gasteiger charge is -2.21. The van der Waals surface area contributed by atoms with E-state index in [0.29, 0.717) is 34.6 Å². The molecular formula is C29H27ClN4O3. The minimum Gasteiger partial charge on any atom is -0.494 e. The highest BCUT2D eigenvalue weighted by Crippen LogP contribution is 2.26. The first-order valence-corrected chi connectivity index (χ1v) is 12.2. The van der Waals surface area contributed by atoms with Crippen LogP contribution in [0.2, 0.25) is 5.02 Å². The van der Waals surface area contributed by atoms with Gasteiger partial charge < -0.3 is 9.64 Å². The van der Waals surface area contributed by atoms with Crippen molar-refractivity contribution in [2.45, 2.75) is 6.92 Å². The van der Waals surface area contributed by atoms with E-state index in [2.05, 4.69) is 11.9 Å². The second-order valence-corrected chi connectivity index (χ2v) is 8.58. The number of aromatic nitrogens is 2. The number of anilines is 1. The quantitative estimate of drug-likeness (QED) is 0.269. The Labute approximate surface area is 221 Å². The fourth-order valence-electron chi connectivity index (χ4n) is 3.79. The van der Waals surface area contributed by atoms with Gasteiger partial charge in [0.1, 0.15) is 12.3 Å². The number of hydrogen-bond donors (Lipinski definition) is 1. The van der Waals surface area contributed by atoms with Gasteiger partial charge in [-0.25, -0.2) is 4.98 Å². The molecule has 0 bridgehead atoms. The van der Waals surface area contributed by atoms with Gasteiger partial charge in [0.2, 0.25) is 11.9 Å². The minimum atomic E-state index is -0.392. The number of halogens is 1. The first kappa shape index (κ1) is 25.7. The summed E-state index contributed by atoms with van der Waals surface area (Å²) in [5.74, 6) is 0.342. The van der Waals surface area contributed by atoms with Crippen molar-refractivity contribution in [1.29, 1.82) is 0 Å².